The maximum absolute atomic E-state index is 9.16. The normalized spacial score (nSPS) is 10.9. The van der Waals surface area contributed by atoms with Crippen LogP contribution in [0.2, 0.25) is 0 Å². The van der Waals surface area contributed by atoms with Crippen LogP contribution in [-0.2, 0) is 0 Å². The monoisotopic (exact) mass is 346 g/mol. The first-order valence-corrected chi connectivity index (χ1v) is 8.71. The predicted octanol–water partition coefficient (Wildman–Crippen LogP) is 4.68. The molecule has 114 valence electrons. The number of rotatable bonds is 4. The van der Waals surface area contributed by atoms with Gasteiger partial charge in [0.25, 0.3) is 0 Å². The molecule has 0 N–H and O–H groups in total. The van der Waals surface area contributed by atoms with E-state index in [2.05, 4.69) is 9.97 Å². The van der Waals surface area contributed by atoms with E-state index in [-0.39, 0.29) is 11.4 Å². The fraction of sp³-hybridized carbons (Fsp3) is 0. The van der Waals surface area contributed by atoms with Gasteiger partial charge in [-0.2, -0.15) is 10.5 Å². The number of nitriles is 2. The Labute approximate surface area is 147 Å². The molecule has 4 nitrogen and oxygen atoms in total. The summed E-state index contributed by atoms with van der Waals surface area (Å²) in [6.07, 6.45) is 7.47. The second-order valence-electron chi connectivity index (χ2n) is 4.61. The van der Waals surface area contributed by atoms with Gasteiger partial charge in [0, 0.05) is 9.75 Å². The average Bonchev–Trinajstić information content (AvgIpc) is 3.31. The van der Waals surface area contributed by atoms with Crippen molar-refractivity contribution in [2.24, 2.45) is 0 Å². The lowest BCUT2D eigenvalue weighted by Crippen LogP contribution is -2.00. The third-order valence-electron chi connectivity index (χ3n) is 3.06. The van der Waals surface area contributed by atoms with Gasteiger partial charge in [-0.25, -0.2) is 9.97 Å². The van der Waals surface area contributed by atoms with Gasteiger partial charge in [0.05, 0.1) is 11.4 Å². The molecule has 0 bridgehead atoms. The molecule has 0 atom stereocenters. The molecule has 3 aromatic rings. The van der Waals surface area contributed by atoms with E-state index in [0.29, 0.717) is 11.4 Å². The quantitative estimate of drug-likeness (QED) is 0.687. The molecule has 0 fully saturated rings. The Morgan fingerprint density at radius 2 is 1.21 bits per heavy atom. The molecule has 0 aliphatic carbocycles. The van der Waals surface area contributed by atoms with Crippen molar-refractivity contribution in [1.29, 1.82) is 10.5 Å². The molecule has 0 saturated carbocycles. The molecule has 0 amide bonds. The molecule has 0 radical (unpaired) electrons. The third-order valence-corrected chi connectivity index (χ3v) is 4.74. The van der Waals surface area contributed by atoms with Crippen molar-refractivity contribution in [3.8, 4) is 12.1 Å². The summed E-state index contributed by atoms with van der Waals surface area (Å²) in [5.41, 5.74) is 1.20. The Morgan fingerprint density at radius 3 is 1.54 bits per heavy atom. The zero-order chi connectivity index (χ0) is 16.8. The summed E-state index contributed by atoms with van der Waals surface area (Å²) in [6, 6.07) is 11.8. The van der Waals surface area contributed by atoms with Crippen LogP contribution >= 0.6 is 22.7 Å². The highest BCUT2D eigenvalue weighted by atomic mass is 32.1. The van der Waals surface area contributed by atoms with Crippen molar-refractivity contribution < 1.29 is 0 Å². The summed E-state index contributed by atoms with van der Waals surface area (Å²) in [4.78, 5) is 10.7. The van der Waals surface area contributed by atoms with Gasteiger partial charge in [0.2, 0.25) is 0 Å². The van der Waals surface area contributed by atoms with Crippen LogP contribution in [0.5, 0.6) is 0 Å². The van der Waals surface area contributed by atoms with Gasteiger partial charge in [0.15, 0.2) is 11.4 Å². The summed E-state index contributed by atoms with van der Waals surface area (Å²) in [5, 5.41) is 22.3. The van der Waals surface area contributed by atoms with Gasteiger partial charge < -0.3 is 0 Å². The first-order chi connectivity index (χ1) is 11.8. The Morgan fingerprint density at radius 1 is 0.750 bits per heavy atom. The molecule has 0 spiro atoms. The number of nitrogens with zero attached hydrogens (tertiary/aromatic N) is 4. The van der Waals surface area contributed by atoms with Crippen LogP contribution in [0.3, 0.4) is 0 Å². The molecular weight excluding hydrogens is 336 g/mol. The molecule has 0 unspecified atom stereocenters. The van der Waals surface area contributed by atoms with Gasteiger partial charge in [-0.05, 0) is 47.2 Å². The van der Waals surface area contributed by atoms with Crippen molar-refractivity contribution in [2.45, 2.75) is 0 Å². The van der Waals surface area contributed by atoms with E-state index >= 15 is 0 Å². The van der Waals surface area contributed by atoms with Gasteiger partial charge in [0.1, 0.15) is 12.1 Å². The maximum Gasteiger partial charge on any atom is 0.177 e. The lowest BCUT2D eigenvalue weighted by Gasteiger charge is -2.02. The van der Waals surface area contributed by atoms with Crippen molar-refractivity contribution in [1.82, 2.24) is 9.97 Å². The second-order valence-corrected chi connectivity index (χ2v) is 6.57. The van der Waals surface area contributed by atoms with Crippen LogP contribution < -0.4 is 0 Å². The summed E-state index contributed by atoms with van der Waals surface area (Å²) >= 11 is 3.22. The zero-order valence-electron chi connectivity index (χ0n) is 12.4. The largest absolute Gasteiger partial charge is 0.232 e. The minimum Gasteiger partial charge on any atom is -0.232 e. The van der Waals surface area contributed by atoms with Gasteiger partial charge in [-0.1, -0.05) is 12.1 Å². The van der Waals surface area contributed by atoms with Crippen molar-refractivity contribution in [3.63, 3.8) is 0 Å². The third kappa shape index (κ3) is 3.64. The predicted molar refractivity (Wildman–Crippen MR) is 98.0 cm³/mol. The van der Waals surface area contributed by atoms with Gasteiger partial charge >= 0.3 is 0 Å². The highest BCUT2D eigenvalue weighted by Crippen LogP contribution is 2.18. The molecule has 0 aliphatic heterocycles. The van der Waals surface area contributed by atoms with E-state index in [4.69, 9.17) is 10.5 Å². The molecule has 0 aliphatic rings. The fourth-order valence-electron chi connectivity index (χ4n) is 1.96. The lowest BCUT2D eigenvalue weighted by atomic mass is 10.2. The molecule has 3 heterocycles. The van der Waals surface area contributed by atoms with Crippen LogP contribution in [-0.4, -0.2) is 9.97 Å². The standard InChI is InChI=1S/C18H10N4S2/c19-11-17-18(12-20)22-16(8-6-14-4-2-10-24-14)15(21-17)7-5-13-3-1-9-23-13/h1-10H/b7-5+,8-6+. The molecule has 3 aromatic heterocycles. The smallest absolute Gasteiger partial charge is 0.177 e. The van der Waals surface area contributed by atoms with Gasteiger partial charge in [-0.15, -0.1) is 22.7 Å². The van der Waals surface area contributed by atoms with Gasteiger partial charge in [-0.3, -0.25) is 0 Å². The second kappa shape index (κ2) is 7.47. The fourth-order valence-corrected chi connectivity index (χ4v) is 3.19. The van der Waals surface area contributed by atoms with Crippen LogP contribution in [0.1, 0.15) is 32.5 Å². The molecule has 6 heteroatoms. The minimum absolute atomic E-state index is 0.0385. The first-order valence-electron chi connectivity index (χ1n) is 6.95. The van der Waals surface area contributed by atoms with E-state index in [0.717, 1.165) is 9.75 Å². The van der Waals surface area contributed by atoms with Crippen LogP contribution in [0.25, 0.3) is 24.3 Å². The van der Waals surface area contributed by atoms with Crippen molar-refractivity contribution in [2.75, 3.05) is 0 Å². The van der Waals surface area contributed by atoms with Crippen molar-refractivity contribution >= 4 is 47.0 Å². The van der Waals surface area contributed by atoms with Crippen LogP contribution in [0, 0.1) is 22.7 Å². The van der Waals surface area contributed by atoms with Crippen LogP contribution in [0.15, 0.2) is 35.0 Å². The molecular formula is C18H10N4S2. The van der Waals surface area contributed by atoms with E-state index in [9.17, 15) is 0 Å². The highest BCUT2D eigenvalue weighted by Gasteiger charge is 2.10. The Balaban J connectivity index is 2.04. The summed E-state index contributed by atoms with van der Waals surface area (Å²) < 4.78 is 0. The first kappa shape index (κ1) is 15.8. The zero-order valence-corrected chi connectivity index (χ0v) is 14.0. The topological polar surface area (TPSA) is 73.4 Å². The molecule has 3 rings (SSSR count). The highest BCUT2D eigenvalue weighted by molar-refractivity contribution is 7.11. The Kier molecular flexibility index (Phi) is 4.93. The van der Waals surface area contributed by atoms with E-state index in [1.807, 2.05) is 71.5 Å². The molecule has 0 aromatic carbocycles. The van der Waals surface area contributed by atoms with E-state index < -0.39 is 0 Å². The SMILES string of the molecule is N#Cc1nc(/C=C/c2cccs2)c(/C=C/c2cccs2)nc1C#N. The number of thiophene rings is 2. The number of hydrogen-bond donors (Lipinski definition) is 0. The van der Waals surface area contributed by atoms with E-state index in [1.54, 1.807) is 22.7 Å². The Bertz CT molecular complexity index is 888. The summed E-state index contributed by atoms with van der Waals surface area (Å²) in [5.74, 6) is 0. The van der Waals surface area contributed by atoms with Crippen molar-refractivity contribution in [3.05, 3.63) is 67.6 Å². The lowest BCUT2D eigenvalue weighted by molar-refractivity contribution is 1.10. The summed E-state index contributed by atoms with van der Waals surface area (Å²) in [7, 11) is 0. The molecule has 0 saturated heterocycles. The maximum atomic E-state index is 9.16. The average molecular weight is 346 g/mol. The van der Waals surface area contributed by atoms with E-state index in [1.165, 1.54) is 0 Å². The molecule has 24 heavy (non-hydrogen) atoms. The minimum atomic E-state index is 0.0385. The summed E-state index contributed by atoms with van der Waals surface area (Å²) in [6.45, 7) is 0. The number of hydrogen-bond acceptors (Lipinski definition) is 6. The Hall–Kier alpha value is -3.06. The van der Waals surface area contributed by atoms with Crippen LogP contribution in [0.4, 0.5) is 0 Å². The number of aromatic nitrogens is 2.